The van der Waals surface area contributed by atoms with Crippen LogP contribution >= 0.6 is 0 Å². The SMILES string of the molecule is C=C(C)COc1cccc(C(=O)N[C@H]2CCCc3ccccc32)c1. The second-order valence-electron chi connectivity index (χ2n) is 6.39. The summed E-state index contributed by atoms with van der Waals surface area (Å²) in [7, 11) is 0. The highest BCUT2D eigenvalue weighted by atomic mass is 16.5. The zero-order valence-corrected chi connectivity index (χ0v) is 14.0. The van der Waals surface area contributed by atoms with Crippen LogP contribution in [-0.4, -0.2) is 12.5 Å². The van der Waals surface area contributed by atoms with Crippen molar-refractivity contribution >= 4 is 5.91 Å². The van der Waals surface area contributed by atoms with Crippen molar-refractivity contribution in [2.75, 3.05) is 6.61 Å². The summed E-state index contributed by atoms with van der Waals surface area (Å²) in [5.41, 5.74) is 4.15. The molecule has 0 fully saturated rings. The van der Waals surface area contributed by atoms with E-state index in [0.29, 0.717) is 17.9 Å². The summed E-state index contributed by atoms with van der Waals surface area (Å²) in [4.78, 5) is 12.6. The van der Waals surface area contributed by atoms with E-state index < -0.39 is 0 Å². The molecule has 0 radical (unpaired) electrons. The Morgan fingerprint density at radius 3 is 2.92 bits per heavy atom. The lowest BCUT2D eigenvalue weighted by atomic mass is 9.87. The smallest absolute Gasteiger partial charge is 0.251 e. The lowest BCUT2D eigenvalue weighted by Gasteiger charge is -2.26. The first-order chi connectivity index (χ1) is 11.6. The van der Waals surface area contributed by atoms with Gasteiger partial charge in [0.25, 0.3) is 5.91 Å². The van der Waals surface area contributed by atoms with Crippen molar-refractivity contribution in [2.24, 2.45) is 0 Å². The number of benzene rings is 2. The molecule has 0 heterocycles. The number of carbonyl (C=O) groups excluding carboxylic acids is 1. The van der Waals surface area contributed by atoms with E-state index in [1.807, 2.05) is 31.2 Å². The first kappa shape index (κ1) is 16.3. The number of hydrogen-bond acceptors (Lipinski definition) is 2. The standard InChI is InChI=1S/C21H23NO2/c1-15(2)14-24-18-10-5-9-17(13-18)21(23)22-20-12-6-8-16-7-3-4-11-19(16)20/h3-5,7,9-11,13,20H,1,6,8,12,14H2,2H3,(H,22,23)/t20-/m0/s1. The highest BCUT2D eigenvalue weighted by molar-refractivity contribution is 5.94. The van der Waals surface area contributed by atoms with E-state index >= 15 is 0 Å². The van der Waals surface area contributed by atoms with Crippen molar-refractivity contribution in [3.63, 3.8) is 0 Å². The number of fused-ring (bicyclic) bond motifs is 1. The Kier molecular flexibility index (Phi) is 4.99. The van der Waals surface area contributed by atoms with E-state index in [-0.39, 0.29) is 11.9 Å². The third-order valence-corrected chi connectivity index (χ3v) is 4.26. The maximum absolute atomic E-state index is 12.6. The average Bonchev–Trinajstić information content (AvgIpc) is 2.60. The molecule has 0 saturated carbocycles. The van der Waals surface area contributed by atoms with Gasteiger partial charge in [-0.25, -0.2) is 0 Å². The van der Waals surface area contributed by atoms with Gasteiger partial charge >= 0.3 is 0 Å². The van der Waals surface area contributed by atoms with Gasteiger partial charge in [-0.3, -0.25) is 4.79 Å². The Morgan fingerprint density at radius 2 is 2.08 bits per heavy atom. The van der Waals surface area contributed by atoms with Crippen molar-refractivity contribution in [1.29, 1.82) is 0 Å². The molecule has 3 heteroatoms. The van der Waals surface area contributed by atoms with Crippen LogP contribution in [0.5, 0.6) is 5.75 Å². The zero-order valence-electron chi connectivity index (χ0n) is 14.0. The van der Waals surface area contributed by atoms with Gasteiger partial charge in [0, 0.05) is 5.56 Å². The predicted molar refractivity (Wildman–Crippen MR) is 96.3 cm³/mol. The minimum Gasteiger partial charge on any atom is -0.489 e. The maximum atomic E-state index is 12.6. The van der Waals surface area contributed by atoms with Crippen LogP contribution in [0.3, 0.4) is 0 Å². The Morgan fingerprint density at radius 1 is 1.25 bits per heavy atom. The number of ether oxygens (including phenoxy) is 1. The summed E-state index contributed by atoms with van der Waals surface area (Å²) in [5.74, 6) is 0.632. The Labute approximate surface area is 143 Å². The van der Waals surface area contributed by atoms with E-state index in [0.717, 1.165) is 24.8 Å². The van der Waals surface area contributed by atoms with Crippen molar-refractivity contribution in [2.45, 2.75) is 32.2 Å². The zero-order chi connectivity index (χ0) is 16.9. The molecular formula is C21H23NO2. The number of aryl methyl sites for hydroxylation is 1. The molecule has 0 spiro atoms. The number of rotatable bonds is 5. The average molecular weight is 321 g/mol. The van der Waals surface area contributed by atoms with Crippen molar-refractivity contribution in [3.8, 4) is 5.75 Å². The number of nitrogens with one attached hydrogen (secondary N) is 1. The fraction of sp³-hybridized carbons (Fsp3) is 0.286. The largest absolute Gasteiger partial charge is 0.489 e. The van der Waals surface area contributed by atoms with Gasteiger partial charge in [-0.15, -0.1) is 0 Å². The molecule has 24 heavy (non-hydrogen) atoms. The molecule has 0 aliphatic heterocycles. The number of hydrogen-bond donors (Lipinski definition) is 1. The molecule has 1 atom stereocenters. The van der Waals surface area contributed by atoms with Crippen LogP contribution in [0.1, 0.15) is 47.3 Å². The molecule has 0 aromatic heterocycles. The van der Waals surface area contributed by atoms with Gasteiger partial charge < -0.3 is 10.1 Å². The molecule has 0 unspecified atom stereocenters. The quantitative estimate of drug-likeness (QED) is 0.826. The third-order valence-electron chi connectivity index (χ3n) is 4.26. The van der Waals surface area contributed by atoms with Crippen LogP contribution in [0.4, 0.5) is 0 Å². The molecule has 124 valence electrons. The molecule has 1 aliphatic carbocycles. The summed E-state index contributed by atoms with van der Waals surface area (Å²) in [6.45, 7) is 6.20. The van der Waals surface area contributed by atoms with Gasteiger partial charge in [0.15, 0.2) is 0 Å². The van der Waals surface area contributed by atoms with Gasteiger partial charge in [0.1, 0.15) is 12.4 Å². The van der Waals surface area contributed by atoms with Crippen LogP contribution in [0.15, 0.2) is 60.7 Å². The summed E-state index contributed by atoms with van der Waals surface area (Å²) >= 11 is 0. The number of amides is 1. The Hall–Kier alpha value is -2.55. The first-order valence-corrected chi connectivity index (χ1v) is 8.39. The third kappa shape index (κ3) is 3.85. The second-order valence-corrected chi connectivity index (χ2v) is 6.39. The molecule has 3 rings (SSSR count). The summed E-state index contributed by atoms with van der Waals surface area (Å²) in [6.07, 6.45) is 3.17. The monoisotopic (exact) mass is 321 g/mol. The highest BCUT2D eigenvalue weighted by Gasteiger charge is 2.21. The van der Waals surface area contributed by atoms with Crippen LogP contribution in [0.25, 0.3) is 0 Å². The van der Waals surface area contributed by atoms with Gasteiger partial charge in [-0.1, -0.05) is 36.9 Å². The fourth-order valence-electron chi connectivity index (χ4n) is 3.08. The van der Waals surface area contributed by atoms with Crippen LogP contribution in [0, 0.1) is 0 Å². The van der Waals surface area contributed by atoms with Crippen LogP contribution < -0.4 is 10.1 Å². The van der Waals surface area contributed by atoms with E-state index in [4.69, 9.17) is 4.74 Å². The maximum Gasteiger partial charge on any atom is 0.251 e. The lowest BCUT2D eigenvalue weighted by molar-refractivity contribution is 0.0932. The van der Waals surface area contributed by atoms with Gasteiger partial charge in [-0.2, -0.15) is 0 Å². The Bertz CT molecular complexity index is 751. The molecule has 2 aromatic carbocycles. The molecular weight excluding hydrogens is 298 g/mol. The van der Waals surface area contributed by atoms with Crippen LogP contribution in [-0.2, 0) is 6.42 Å². The fourth-order valence-corrected chi connectivity index (χ4v) is 3.08. The molecule has 1 N–H and O–H groups in total. The van der Waals surface area contributed by atoms with E-state index in [1.165, 1.54) is 11.1 Å². The first-order valence-electron chi connectivity index (χ1n) is 8.39. The highest BCUT2D eigenvalue weighted by Crippen LogP contribution is 2.29. The van der Waals surface area contributed by atoms with Gasteiger partial charge in [0.2, 0.25) is 0 Å². The minimum absolute atomic E-state index is 0.0579. The molecule has 2 aromatic rings. The molecule has 3 nitrogen and oxygen atoms in total. The van der Waals surface area contributed by atoms with E-state index in [9.17, 15) is 4.79 Å². The van der Waals surface area contributed by atoms with E-state index in [1.54, 1.807) is 6.07 Å². The van der Waals surface area contributed by atoms with E-state index in [2.05, 4.69) is 30.1 Å². The van der Waals surface area contributed by atoms with Crippen LogP contribution in [0.2, 0.25) is 0 Å². The Balaban J connectivity index is 1.72. The molecule has 0 bridgehead atoms. The predicted octanol–water partition coefficient (Wildman–Crippen LogP) is 4.45. The summed E-state index contributed by atoms with van der Waals surface area (Å²) < 4.78 is 5.62. The van der Waals surface area contributed by atoms with Crippen molar-refractivity contribution < 1.29 is 9.53 Å². The van der Waals surface area contributed by atoms with Gasteiger partial charge in [0.05, 0.1) is 6.04 Å². The molecule has 1 aliphatic rings. The minimum atomic E-state index is -0.0579. The van der Waals surface area contributed by atoms with Crippen molar-refractivity contribution in [3.05, 3.63) is 77.4 Å². The lowest BCUT2D eigenvalue weighted by Crippen LogP contribution is -2.30. The number of carbonyl (C=O) groups is 1. The summed E-state index contributed by atoms with van der Waals surface area (Å²) in [6, 6.07) is 15.8. The summed E-state index contributed by atoms with van der Waals surface area (Å²) in [5, 5.41) is 3.17. The molecule has 1 amide bonds. The molecule has 0 saturated heterocycles. The topological polar surface area (TPSA) is 38.3 Å². The van der Waals surface area contributed by atoms with Gasteiger partial charge in [-0.05, 0) is 61.1 Å². The second kappa shape index (κ2) is 7.35. The van der Waals surface area contributed by atoms with Crippen molar-refractivity contribution in [1.82, 2.24) is 5.32 Å². The normalized spacial score (nSPS) is 16.1.